The number of aliphatic hydroxyl groups is 1. The van der Waals surface area contributed by atoms with E-state index in [1.807, 2.05) is 0 Å². The number of benzene rings is 1. The molecule has 2 N–H and O–H groups in total. The molecular weight excluding hydrogens is 325 g/mol. The summed E-state index contributed by atoms with van der Waals surface area (Å²) < 4.78 is 40.1. The van der Waals surface area contributed by atoms with Gasteiger partial charge >= 0.3 is 6.36 Å². The second-order valence-corrected chi connectivity index (χ2v) is 6.39. The fraction of sp³-hybridized carbons (Fsp3) is 0.562. The molecule has 0 saturated carbocycles. The Balaban J connectivity index is 2.55. The first-order chi connectivity index (χ1) is 10.9. The molecule has 5 nitrogen and oxygen atoms in total. The molecule has 0 radical (unpaired) electrons. The quantitative estimate of drug-likeness (QED) is 0.795. The Kier molecular flexibility index (Phi) is 6.62. The Morgan fingerprint density at radius 2 is 1.83 bits per heavy atom. The molecule has 1 aromatic carbocycles. The summed E-state index contributed by atoms with van der Waals surface area (Å²) in [6, 6.07) is 4.96. The Hall–Kier alpha value is -1.80. The van der Waals surface area contributed by atoms with Gasteiger partial charge in [-0.05, 0) is 45.5 Å². The van der Waals surface area contributed by atoms with Crippen molar-refractivity contribution in [3.8, 4) is 5.75 Å². The van der Waals surface area contributed by atoms with Crippen molar-refractivity contribution in [2.75, 3.05) is 20.1 Å². The number of ether oxygens (including phenoxy) is 1. The number of nitrogens with zero attached hydrogens (tertiary/aromatic N) is 1. The van der Waals surface area contributed by atoms with Crippen LogP contribution >= 0.6 is 0 Å². The molecule has 0 saturated heterocycles. The molecule has 1 amide bonds. The molecule has 24 heavy (non-hydrogen) atoms. The molecule has 1 rings (SSSR count). The third-order valence-electron chi connectivity index (χ3n) is 3.06. The maximum atomic E-state index is 12.1. The first-order valence-electron chi connectivity index (χ1n) is 7.42. The molecule has 136 valence electrons. The Labute approximate surface area is 139 Å². The number of carbonyl (C=O) groups excluding carboxylic acids is 1. The predicted molar refractivity (Wildman–Crippen MR) is 83.5 cm³/mol. The molecule has 1 aromatic rings. The van der Waals surface area contributed by atoms with Gasteiger partial charge in [0.05, 0.1) is 18.2 Å². The number of likely N-dealkylation sites (N-methyl/N-ethyl adjacent to an activating group) is 1. The van der Waals surface area contributed by atoms with E-state index in [0.29, 0.717) is 12.1 Å². The van der Waals surface area contributed by atoms with Crippen LogP contribution in [0.2, 0.25) is 0 Å². The Morgan fingerprint density at radius 1 is 1.29 bits per heavy atom. The van der Waals surface area contributed by atoms with Crippen molar-refractivity contribution in [3.63, 3.8) is 0 Å². The van der Waals surface area contributed by atoms with Gasteiger partial charge in [0, 0.05) is 6.54 Å². The maximum Gasteiger partial charge on any atom is 0.573 e. The van der Waals surface area contributed by atoms with Gasteiger partial charge in [-0.1, -0.05) is 12.1 Å². The summed E-state index contributed by atoms with van der Waals surface area (Å²) in [6.45, 7) is 5.46. The molecule has 8 heteroatoms. The first kappa shape index (κ1) is 20.2. The van der Waals surface area contributed by atoms with Crippen molar-refractivity contribution in [1.82, 2.24) is 10.2 Å². The number of rotatable bonds is 7. The topological polar surface area (TPSA) is 61.8 Å². The second-order valence-electron chi connectivity index (χ2n) is 6.39. The van der Waals surface area contributed by atoms with Crippen LogP contribution in [0.4, 0.5) is 13.2 Å². The molecule has 0 fully saturated rings. The summed E-state index contributed by atoms with van der Waals surface area (Å²) in [6.07, 6.45) is -4.73. The van der Waals surface area contributed by atoms with Crippen molar-refractivity contribution < 1.29 is 27.8 Å². The monoisotopic (exact) mass is 348 g/mol. The molecule has 0 aromatic heterocycles. The van der Waals surface area contributed by atoms with Crippen molar-refractivity contribution in [3.05, 3.63) is 29.8 Å². The van der Waals surface area contributed by atoms with Crippen LogP contribution < -0.4 is 10.1 Å². The minimum atomic E-state index is -4.73. The standard InChI is InChI=1S/C16H23F3N2O3/c1-11(20-14(22)9-21(4)10-15(2,3)23)12-5-7-13(8-6-12)24-16(17,18)19/h5-8,11,23H,9-10H2,1-4H3,(H,20,22). The molecule has 0 aliphatic heterocycles. The van der Waals surface area contributed by atoms with Crippen molar-refractivity contribution in [1.29, 1.82) is 0 Å². The van der Waals surface area contributed by atoms with Crippen LogP contribution in [0.5, 0.6) is 5.75 Å². The number of halogens is 3. The van der Waals surface area contributed by atoms with Crippen LogP contribution in [0.15, 0.2) is 24.3 Å². The summed E-state index contributed by atoms with van der Waals surface area (Å²) in [4.78, 5) is 13.7. The third kappa shape index (κ3) is 8.16. The van der Waals surface area contributed by atoms with E-state index < -0.39 is 12.0 Å². The fourth-order valence-corrected chi connectivity index (χ4v) is 2.29. The predicted octanol–water partition coefficient (Wildman–Crippen LogP) is 2.47. The largest absolute Gasteiger partial charge is 0.573 e. The lowest BCUT2D eigenvalue weighted by atomic mass is 10.1. The van der Waals surface area contributed by atoms with Crippen LogP contribution in [0.1, 0.15) is 32.4 Å². The number of hydrogen-bond donors (Lipinski definition) is 2. The number of amides is 1. The average Bonchev–Trinajstić information content (AvgIpc) is 2.34. The van der Waals surface area contributed by atoms with Gasteiger partial charge in [-0.25, -0.2) is 0 Å². The summed E-state index contributed by atoms with van der Waals surface area (Å²) in [5, 5.41) is 12.5. The number of nitrogens with one attached hydrogen (secondary N) is 1. The zero-order valence-electron chi connectivity index (χ0n) is 14.1. The highest BCUT2D eigenvalue weighted by molar-refractivity contribution is 5.78. The van der Waals surface area contributed by atoms with E-state index in [1.54, 1.807) is 32.7 Å². The first-order valence-corrected chi connectivity index (χ1v) is 7.42. The zero-order chi connectivity index (χ0) is 18.5. The molecule has 1 atom stereocenters. The van der Waals surface area contributed by atoms with Gasteiger partial charge in [0.25, 0.3) is 0 Å². The molecule has 0 aliphatic rings. The van der Waals surface area contributed by atoms with Gasteiger partial charge in [-0.2, -0.15) is 0 Å². The van der Waals surface area contributed by atoms with Crippen LogP contribution in [-0.2, 0) is 4.79 Å². The molecule has 0 bridgehead atoms. The van der Waals surface area contributed by atoms with E-state index in [2.05, 4.69) is 10.1 Å². The highest BCUT2D eigenvalue weighted by Gasteiger charge is 2.31. The number of alkyl halides is 3. The lowest BCUT2D eigenvalue weighted by Crippen LogP contribution is -2.42. The van der Waals surface area contributed by atoms with Gasteiger partial charge in [0.2, 0.25) is 5.91 Å². The SMILES string of the molecule is CC(NC(=O)CN(C)CC(C)(C)O)c1ccc(OC(F)(F)F)cc1. The molecule has 0 spiro atoms. The van der Waals surface area contributed by atoms with Gasteiger partial charge in [-0.3, -0.25) is 9.69 Å². The molecule has 1 unspecified atom stereocenters. The van der Waals surface area contributed by atoms with Gasteiger partial charge in [-0.15, -0.1) is 13.2 Å². The molecule has 0 aliphatic carbocycles. The smallest absolute Gasteiger partial charge is 0.406 e. The molecule has 0 heterocycles. The summed E-state index contributed by atoms with van der Waals surface area (Å²) in [7, 11) is 1.71. The lowest BCUT2D eigenvalue weighted by molar-refractivity contribution is -0.274. The van der Waals surface area contributed by atoms with E-state index in [-0.39, 0.29) is 24.2 Å². The Bertz CT molecular complexity index is 539. The van der Waals surface area contributed by atoms with Crippen LogP contribution in [0.25, 0.3) is 0 Å². The lowest BCUT2D eigenvalue weighted by Gasteiger charge is -2.25. The Morgan fingerprint density at radius 3 is 2.29 bits per heavy atom. The van der Waals surface area contributed by atoms with Crippen LogP contribution in [0.3, 0.4) is 0 Å². The van der Waals surface area contributed by atoms with Crippen LogP contribution in [0, 0.1) is 0 Å². The average molecular weight is 348 g/mol. The van der Waals surface area contributed by atoms with E-state index in [1.165, 1.54) is 24.3 Å². The highest BCUT2D eigenvalue weighted by atomic mass is 19.4. The summed E-state index contributed by atoms with van der Waals surface area (Å²) in [5.74, 6) is -0.556. The second kappa shape index (κ2) is 7.85. The zero-order valence-corrected chi connectivity index (χ0v) is 14.1. The van der Waals surface area contributed by atoms with E-state index in [0.717, 1.165) is 0 Å². The minimum Gasteiger partial charge on any atom is -0.406 e. The highest BCUT2D eigenvalue weighted by Crippen LogP contribution is 2.24. The van der Waals surface area contributed by atoms with E-state index in [4.69, 9.17) is 0 Å². The normalized spacial score (nSPS) is 13.7. The minimum absolute atomic E-state index is 0.101. The van der Waals surface area contributed by atoms with Crippen LogP contribution in [-0.4, -0.2) is 48.0 Å². The van der Waals surface area contributed by atoms with Crippen molar-refractivity contribution in [2.45, 2.75) is 38.8 Å². The number of hydrogen-bond acceptors (Lipinski definition) is 4. The maximum absolute atomic E-state index is 12.1. The van der Waals surface area contributed by atoms with E-state index >= 15 is 0 Å². The third-order valence-corrected chi connectivity index (χ3v) is 3.06. The van der Waals surface area contributed by atoms with Gasteiger partial charge in [0.1, 0.15) is 5.75 Å². The summed E-state index contributed by atoms with van der Waals surface area (Å²) in [5.41, 5.74) is -0.252. The fourth-order valence-electron chi connectivity index (χ4n) is 2.29. The van der Waals surface area contributed by atoms with E-state index in [9.17, 15) is 23.1 Å². The van der Waals surface area contributed by atoms with Crippen molar-refractivity contribution >= 4 is 5.91 Å². The number of carbonyl (C=O) groups is 1. The van der Waals surface area contributed by atoms with Gasteiger partial charge < -0.3 is 15.2 Å². The molecular formula is C16H23F3N2O3. The van der Waals surface area contributed by atoms with Crippen molar-refractivity contribution in [2.24, 2.45) is 0 Å². The van der Waals surface area contributed by atoms with Gasteiger partial charge in [0.15, 0.2) is 0 Å². The summed E-state index contributed by atoms with van der Waals surface area (Å²) >= 11 is 0.